The molecule has 0 unspecified atom stereocenters. The Morgan fingerprint density at radius 2 is 1.83 bits per heavy atom. The summed E-state index contributed by atoms with van der Waals surface area (Å²) in [5, 5.41) is 1.49. The first-order valence-corrected chi connectivity index (χ1v) is 8.47. The molecule has 0 atom stereocenters. The maximum Gasteiger partial charge on any atom is 0.0488 e. The molecular formula is C21H24N2. The highest BCUT2D eigenvalue weighted by atomic mass is 15.2. The summed E-state index contributed by atoms with van der Waals surface area (Å²) in [6.07, 6.45) is 1.16. The maximum atomic E-state index is 2.57. The summed E-state index contributed by atoms with van der Waals surface area (Å²) < 4.78 is 2.42. The van der Waals surface area contributed by atoms with E-state index >= 15 is 0 Å². The minimum absolute atomic E-state index is 1.04. The first-order valence-electron chi connectivity index (χ1n) is 8.47. The Bertz CT molecular complexity index is 859. The van der Waals surface area contributed by atoms with Crippen molar-refractivity contribution in [1.29, 1.82) is 0 Å². The van der Waals surface area contributed by atoms with E-state index in [4.69, 9.17) is 0 Å². The van der Waals surface area contributed by atoms with Crippen molar-refractivity contribution >= 4 is 10.9 Å². The van der Waals surface area contributed by atoms with Crippen molar-refractivity contribution in [3.05, 3.63) is 70.4 Å². The lowest BCUT2D eigenvalue weighted by atomic mass is 9.98. The normalized spacial score (nSPS) is 15.1. The number of rotatable bonds is 2. The van der Waals surface area contributed by atoms with Gasteiger partial charge in [-0.25, -0.2) is 0 Å². The number of benzene rings is 2. The van der Waals surface area contributed by atoms with Crippen LogP contribution in [0, 0.1) is 13.8 Å². The number of nitrogens with zero attached hydrogens (tertiary/aromatic N) is 2. The Kier molecular flexibility index (Phi) is 3.50. The largest absolute Gasteiger partial charge is 0.346 e. The van der Waals surface area contributed by atoms with Crippen LogP contribution in [-0.2, 0) is 26.6 Å². The van der Waals surface area contributed by atoms with Gasteiger partial charge < -0.3 is 4.57 Å². The van der Waals surface area contributed by atoms with Gasteiger partial charge in [-0.15, -0.1) is 0 Å². The molecule has 2 aromatic carbocycles. The van der Waals surface area contributed by atoms with Gasteiger partial charge in [-0.1, -0.05) is 36.4 Å². The Morgan fingerprint density at radius 1 is 1.04 bits per heavy atom. The minimum Gasteiger partial charge on any atom is -0.346 e. The SMILES string of the molecule is Cc1cc(C)c2c3c(n(C)c2c1)CN(Cc1ccccc1)CC3. The van der Waals surface area contributed by atoms with Crippen LogP contribution in [0.15, 0.2) is 42.5 Å². The van der Waals surface area contributed by atoms with Crippen LogP contribution in [0.1, 0.15) is 27.9 Å². The van der Waals surface area contributed by atoms with Crippen molar-refractivity contribution in [3.63, 3.8) is 0 Å². The molecule has 0 spiro atoms. The van der Waals surface area contributed by atoms with Gasteiger partial charge in [-0.3, -0.25) is 4.90 Å². The number of aromatic nitrogens is 1. The van der Waals surface area contributed by atoms with Crippen molar-refractivity contribution in [2.45, 2.75) is 33.4 Å². The van der Waals surface area contributed by atoms with Crippen molar-refractivity contribution < 1.29 is 0 Å². The Labute approximate surface area is 138 Å². The average molecular weight is 304 g/mol. The lowest BCUT2D eigenvalue weighted by Gasteiger charge is -2.28. The lowest BCUT2D eigenvalue weighted by Crippen LogP contribution is -2.30. The van der Waals surface area contributed by atoms with Gasteiger partial charge in [0.15, 0.2) is 0 Å². The van der Waals surface area contributed by atoms with E-state index in [-0.39, 0.29) is 0 Å². The van der Waals surface area contributed by atoms with Crippen LogP contribution in [0.2, 0.25) is 0 Å². The van der Waals surface area contributed by atoms with Crippen LogP contribution in [0.4, 0.5) is 0 Å². The number of hydrogen-bond donors (Lipinski definition) is 0. The number of fused-ring (bicyclic) bond motifs is 3. The van der Waals surface area contributed by atoms with E-state index < -0.39 is 0 Å². The van der Waals surface area contributed by atoms with Crippen molar-refractivity contribution in [2.24, 2.45) is 7.05 Å². The summed E-state index contributed by atoms with van der Waals surface area (Å²) in [7, 11) is 2.23. The van der Waals surface area contributed by atoms with E-state index in [1.165, 1.54) is 33.3 Å². The third-order valence-corrected chi connectivity index (χ3v) is 5.18. The molecular weight excluding hydrogens is 280 g/mol. The Balaban J connectivity index is 1.71. The van der Waals surface area contributed by atoms with Gasteiger partial charge in [0.05, 0.1) is 0 Å². The second-order valence-electron chi connectivity index (χ2n) is 6.91. The first kappa shape index (κ1) is 14.5. The van der Waals surface area contributed by atoms with Crippen LogP contribution < -0.4 is 0 Å². The first-order chi connectivity index (χ1) is 11.1. The zero-order chi connectivity index (χ0) is 16.0. The fourth-order valence-corrected chi connectivity index (χ4v) is 4.10. The highest BCUT2D eigenvalue weighted by Gasteiger charge is 2.23. The summed E-state index contributed by atoms with van der Waals surface area (Å²) >= 11 is 0. The molecule has 2 heteroatoms. The predicted octanol–water partition coefficient (Wildman–Crippen LogP) is 4.35. The van der Waals surface area contributed by atoms with Gasteiger partial charge in [0, 0.05) is 43.3 Å². The molecule has 0 bridgehead atoms. The van der Waals surface area contributed by atoms with Crippen LogP contribution in [-0.4, -0.2) is 16.0 Å². The highest BCUT2D eigenvalue weighted by molar-refractivity contribution is 5.89. The topological polar surface area (TPSA) is 8.17 Å². The van der Waals surface area contributed by atoms with Crippen molar-refractivity contribution in [3.8, 4) is 0 Å². The highest BCUT2D eigenvalue weighted by Crippen LogP contribution is 2.33. The van der Waals surface area contributed by atoms with Crippen LogP contribution in [0.5, 0.6) is 0 Å². The predicted molar refractivity (Wildman–Crippen MR) is 96.7 cm³/mol. The maximum absolute atomic E-state index is 2.57. The van der Waals surface area contributed by atoms with E-state index in [1.54, 1.807) is 5.56 Å². The quantitative estimate of drug-likeness (QED) is 0.683. The molecule has 0 amide bonds. The standard InChI is InChI=1S/C21H24N2/c1-15-11-16(2)21-18-9-10-23(13-17-7-5-4-6-8-17)14-20(18)22(3)19(21)12-15/h4-8,11-12H,9-10,13-14H2,1-3H3. The lowest BCUT2D eigenvalue weighted by molar-refractivity contribution is 0.240. The van der Waals surface area contributed by atoms with Gasteiger partial charge in [0.1, 0.15) is 0 Å². The molecule has 1 aromatic heterocycles. The molecule has 0 aliphatic carbocycles. The van der Waals surface area contributed by atoms with Crippen LogP contribution in [0.3, 0.4) is 0 Å². The number of hydrogen-bond acceptors (Lipinski definition) is 1. The molecule has 4 rings (SSSR count). The van der Waals surface area contributed by atoms with Gasteiger partial charge in [-0.2, -0.15) is 0 Å². The minimum atomic E-state index is 1.04. The Hall–Kier alpha value is -2.06. The Morgan fingerprint density at radius 3 is 2.61 bits per heavy atom. The molecule has 0 radical (unpaired) electrons. The van der Waals surface area contributed by atoms with E-state index in [0.29, 0.717) is 0 Å². The molecule has 2 nitrogen and oxygen atoms in total. The van der Waals surface area contributed by atoms with Gasteiger partial charge in [0.2, 0.25) is 0 Å². The molecule has 0 saturated carbocycles. The smallest absolute Gasteiger partial charge is 0.0488 e. The molecule has 0 fully saturated rings. The van der Waals surface area contributed by atoms with Crippen molar-refractivity contribution in [2.75, 3.05) is 6.54 Å². The third kappa shape index (κ3) is 2.47. The second-order valence-corrected chi connectivity index (χ2v) is 6.91. The molecule has 23 heavy (non-hydrogen) atoms. The number of aryl methyl sites for hydroxylation is 3. The van der Waals surface area contributed by atoms with Gasteiger partial charge in [-0.05, 0) is 48.6 Å². The van der Waals surface area contributed by atoms with E-state index in [2.05, 4.69) is 72.8 Å². The molecule has 3 aromatic rings. The zero-order valence-electron chi connectivity index (χ0n) is 14.3. The molecule has 1 aliphatic heterocycles. The average Bonchev–Trinajstić information content (AvgIpc) is 2.81. The molecule has 0 saturated heterocycles. The molecule has 2 heterocycles. The zero-order valence-corrected chi connectivity index (χ0v) is 14.3. The van der Waals surface area contributed by atoms with Crippen molar-refractivity contribution in [1.82, 2.24) is 9.47 Å². The second kappa shape index (κ2) is 5.54. The summed E-state index contributed by atoms with van der Waals surface area (Å²) in [4.78, 5) is 2.57. The van der Waals surface area contributed by atoms with Crippen LogP contribution in [0.25, 0.3) is 10.9 Å². The third-order valence-electron chi connectivity index (χ3n) is 5.18. The molecule has 0 N–H and O–H groups in total. The fraction of sp³-hybridized carbons (Fsp3) is 0.333. The summed E-state index contributed by atoms with van der Waals surface area (Å²) in [5.74, 6) is 0. The van der Waals surface area contributed by atoms with Gasteiger partial charge >= 0.3 is 0 Å². The van der Waals surface area contributed by atoms with Crippen LogP contribution >= 0.6 is 0 Å². The summed E-state index contributed by atoms with van der Waals surface area (Å²) in [6.45, 7) is 7.69. The molecule has 118 valence electrons. The summed E-state index contributed by atoms with van der Waals surface area (Å²) in [5.41, 5.74) is 8.65. The fourth-order valence-electron chi connectivity index (χ4n) is 4.10. The molecule has 1 aliphatic rings. The van der Waals surface area contributed by atoms with E-state index in [1.807, 2.05) is 0 Å². The monoisotopic (exact) mass is 304 g/mol. The van der Waals surface area contributed by atoms with E-state index in [0.717, 1.165) is 26.1 Å². The van der Waals surface area contributed by atoms with Gasteiger partial charge in [0.25, 0.3) is 0 Å². The summed E-state index contributed by atoms with van der Waals surface area (Å²) in [6, 6.07) is 15.5. The van der Waals surface area contributed by atoms with E-state index in [9.17, 15) is 0 Å².